The Kier molecular flexibility index (Phi) is 4.16. The standard InChI is InChI=1S/C19H19N5O/c25-19(21-8-11-23-9-1-2-10-23)15-5-6-18-16(12-15)13-22-24(18)17-4-3-7-20-14-17/h1,3-7,9,12-14H,2,8,10-11H2,(H,21,25). The molecule has 0 fully saturated rings. The Hall–Kier alpha value is -3.15. The molecular weight excluding hydrogens is 314 g/mol. The Morgan fingerprint density at radius 2 is 2.20 bits per heavy atom. The van der Waals surface area contributed by atoms with Crippen molar-refractivity contribution >= 4 is 16.8 Å². The zero-order valence-corrected chi connectivity index (χ0v) is 13.8. The molecule has 6 nitrogen and oxygen atoms in total. The fourth-order valence-electron chi connectivity index (χ4n) is 3.00. The number of pyridine rings is 1. The number of carbonyl (C=O) groups excluding carboxylic acids is 1. The van der Waals surface area contributed by atoms with Crippen molar-refractivity contribution in [3.63, 3.8) is 0 Å². The molecule has 0 saturated heterocycles. The number of hydrogen-bond acceptors (Lipinski definition) is 4. The van der Waals surface area contributed by atoms with Crippen LogP contribution in [0.15, 0.2) is 61.2 Å². The van der Waals surface area contributed by atoms with Crippen LogP contribution in [0.3, 0.4) is 0 Å². The van der Waals surface area contributed by atoms with Crippen LogP contribution in [0, 0.1) is 0 Å². The molecule has 126 valence electrons. The van der Waals surface area contributed by atoms with Gasteiger partial charge in [-0.3, -0.25) is 9.78 Å². The van der Waals surface area contributed by atoms with Gasteiger partial charge in [-0.1, -0.05) is 6.08 Å². The zero-order chi connectivity index (χ0) is 17.1. The van der Waals surface area contributed by atoms with E-state index in [0.29, 0.717) is 12.1 Å². The smallest absolute Gasteiger partial charge is 0.251 e. The van der Waals surface area contributed by atoms with Gasteiger partial charge in [-0.2, -0.15) is 5.10 Å². The van der Waals surface area contributed by atoms with Crippen molar-refractivity contribution in [1.29, 1.82) is 0 Å². The van der Waals surface area contributed by atoms with Gasteiger partial charge in [-0.25, -0.2) is 4.68 Å². The van der Waals surface area contributed by atoms with E-state index in [1.54, 1.807) is 18.6 Å². The molecule has 1 aliphatic heterocycles. The molecule has 1 aromatic carbocycles. The Balaban J connectivity index is 1.47. The van der Waals surface area contributed by atoms with Crippen molar-refractivity contribution < 1.29 is 4.79 Å². The summed E-state index contributed by atoms with van der Waals surface area (Å²) in [6.07, 6.45) is 10.6. The molecule has 0 saturated carbocycles. The van der Waals surface area contributed by atoms with E-state index in [0.717, 1.165) is 36.1 Å². The molecule has 0 unspecified atom stereocenters. The predicted octanol–water partition coefficient (Wildman–Crippen LogP) is 2.37. The van der Waals surface area contributed by atoms with Gasteiger partial charge < -0.3 is 10.2 Å². The van der Waals surface area contributed by atoms with Gasteiger partial charge in [0.15, 0.2) is 0 Å². The number of nitrogens with zero attached hydrogens (tertiary/aromatic N) is 4. The summed E-state index contributed by atoms with van der Waals surface area (Å²) in [5.41, 5.74) is 2.50. The summed E-state index contributed by atoms with van der Waals surface area (Å²) >= 11 is 0. The van der Waals surface area contributed by atoms with Crippen LogP contribution in [-0.4, -0.2) is 45.2 Å². The largest absolute Gasteiger partial charge is 0.376 e. The van der Waals surface area contributed by atoms with E-state index in [1.165, 1.54) is 0 Å². The Morgan fingerprint density at radius 1 is 1.24 bits per heavy atom. The molecule has 0 spiro atoms. The lowest BCUT2D eigenvalue weighted by Gasteiger charge is -2.15. The van der Waals surface area contributed by atoms with E-state index < -0.39 is 0 Å². The van der Waals surface area contributed by atoms with Gasteiger partial charge in [0.25, 0.3) is 5.91 Å². The summed E-state index contributed by atoms with van der Waals surface area (Å²) in [5.74, 6) is -0.0563. The van der Waals surface area contributed by atoms with Gasteiger partial charge in [-0.15, -0.1) is 0 Å². The molecule has 25 heavy (non-hydrogen) atoms. The summed E-state index contributed by atoms with van der Waals surface area (Å²) in [4.78, 5) is 18.7. The molecule has 3 heterocycles. The number of benzene rings is 1. The lowest BCUT2D eigenvalue weighted by molar-refractivity contribution is 0.0951. The third kappa shape index (κ3) is 3.24. The van der Waals surface area contributed by atoms with E-state index in [1.807, 2.05) is 35.0 Å². The Bertz CT molecular complexity index is 916. The molecule has 0 atom stereocenters. The normalized spacial score (nSPS) is 13.5. The average molecular weight is 333 g/mol. The molecular formula is C19H19N5O. The fraction of sp³-hybridized carbons (Fsp3) is 0.211. The average Bonchev–Trinajstić information content (AvgIpc) is 3.31. The first-order valence-corrected chi connectivity index (χ1v) is 8.38. The topological polar surface area (TPSA) is 63.1 Å². The highest BCUT2D eigenvalue weighted by Gasteiger charge is 2.11. The lowest BCUT2D eigenvalue weighted by Crippen LogP contribution is -2.31. The molecule has 0 bridgehead atoms. The maximum atomic E-state index is 12.4. The predicted molar refractivity (Wildman–Crippen MR) is 96.5 cm³/mol. The summed E-state index contributed by atoms with van der Waals surface area (Å²) in [6.45, 7) is 2.51. The molecule has 0 radical (unpaired) electrons. The van der Waals surface area contributed by atoms with E-state index in [4.69, 9.17) is 0 Å². The summed E-state index contributed by atoms with van der Waals surface area (Å²) in [5, 5.41) is 8.32. The molecule has 0 aliphatic carbocycles. The number of rotatable bonds is 5. The Labute approximate surface area is 145 Å². The molecule has 1 aliphatic rings. The van der Waals surface area contributed by atoms with E-state index in [-0.39, 0.29) is 5.91 Å². The second-order valence-corrected chi connectivity index (χ2v) is 6.01. The van der Waals surface area contributed by atoms with Crippen molar-refractivity contribution in [1.82, 2.24) is 25.0 Å². The van der Waals surface area contributed by atoms with Crippen LogP contribution < -0.4 is 5.32 Å². The van der Waals surface area contributed by atoms with Crippen LogP contribution in [0.1, 0.15) is 16.8 Å². The van der Waals surface area contributed by atoms with Gasteiger partial charge in [0, 0.05) is 36.8 Å². The highest BCUT2D eigenvalue weighted by molar-refractivity contribution is 5.98. The first-order valence-electron chi connectivity index (χ1n) is 8.38. The lowest BCUT2D eigenvalue weighted by atomic mass is 10.1. The summed E-state index contributed by atoms with van der Waals surface area (Å²) in [7, 11) is 0. The zero-order valence-electron chi connectivity index (χ0n) is 13.8. The van der Waals surface area contributed by atoms with Gasteiger partial charge in [-0.05, 0) is 43.0 Å². The third-order valence-electron chi connectivity index (χ3n) is 4.30. The number of aromatic nitrogens is 3. The maximum Gasteiger partial charge on any atom is 0.251 e. The molecule has 1 N–H and O–H groups in total. The van der Waals surface area contributed by atoms with Gasteiger partial charge in [0.05, 0.1) is 23.6 Å². The Morgan fingerprint density at radius 3 is 3.00 bits per heavy atom. The molecule has 3 aromatic rings. The SMILES string of the molecule is O=C(NCCN1C=CCC1)c1ccc2c(cnn2-c2cccnc2)c1. The first-order chi connectivity index (χ1) is 12.3. The number of hydrogen-bond donors (Lipinski definition) is 1. The van der Waals surface area contributed by atoms with Crippen LogP contribution in [0.5, 0.6) is 0 Å². The van der Waals surface area contributed by atoms with Gasteiger partial charge >= 0.3 is 0 Å². The van der Waals surface area contributed by atoms with Crippen LogP contribution >= 0.6 is 0 Å². The highest BCUT2D eigenvalue weighted by atomic mass is 16.1. The maximum absolute atomic E-state index is 12.4. The van der Waals surface area contributed by atoms with E-state index in [2.05, 4.69) is 32.6 Å². The number of nitrogens with one attached hydrogen (secondary N) is 1. The minimum atomic E-state index is -0.0563. The minimum absolute atomic E-state index is 0.0563. The summed E-state index contributed by atoms with van der Waals surface area (Å²) in [6, 6.07) is 9.46. The number of amides is 1. The first kappa shape index (κ1) is 15.4. The van der Waals surface area contributed by atoms with Crippen molar-refractivity contribution in [2.75, 3.05) is 19.6 Å². The van der Waals surface area contributed by atoms with Crippen LogP contribution in [0.25, 0.3) is 16.6 Å². The van der Waals surface area contributed by atoms with Crippen molar-refractivity contribution in [2.45, 2.75) is 6.42 Å². The van der Waals surface area contributed by atoms with Gasteiger partial charge in [0.2, 0.25) is 0 Å². The second-order valence-electron chi connectivity index (χ2n) is 6.01. The van der Waals surface area contributed by atoms with Crippen LogP contribution in [-0.2, 0) is 0 Å². The van der Waals surface area contributed by atoms with Crippen molar-refractivity contribution in [2.24, 2.45) is 0 Å². The molecule has 4 rings (SSSR count). The van der Waals surface area contributed by atoms with Gasteiger partial charge in [0.1, 0.15) is 0 Å². The quantitative estimate of drug-likeness (QED) is 0.779. The monoisotopic (exact) mass is 333 g/mol. The van der Waals surface area contributed by atoms with E-state index >= 15 is 0 Å². The highest BCUT2D eigenvalue weighted by Crippen LogP contribution is 2.19. The van der Waals surface area contributed by atoms with Crippen LogP contribution in [0.4, 0.5) is 0 Å². The number of carbonyl (C=O) groups is 1. The van der Waals surface area contributed by atoms with Crippen molar-refractivity contribution in [3.05, 3.63) is 66.8 Å². The molecule has 1 amide bonds. The number of fused-ring (bicyclic) bond motifs is 1. The minimum Gasteiger partial charge on any atom is -0.376 e. The van der Waals surface area contributed by atoms with Crippen molar-refractivity contribution in [3.8, 4) is 5.69 Å². The van der Waals surface area contributed by atoms with Crippen LogP contribution in [0.2, 0.25) is 0 Å². The molecule has 6 heteroatoms. The molecule has 2 aromatic heterocycles. The summed E-state index contributed by atoms with van der Waals surface area (Å²) < 4.78 is 1.82. The second kappa shape index (κ2) is 6.76. The third-order valence-corrected chi connectivity index (χ3v) is 4.30. The fourth-order valence-corrected chi connectivity index (χ4v) is 3.00. The van der Waals surface area contributed by atoms with E-state index in [9.17, 15) is 4.79 Å².